The number of aromatic nitrogens is 3. The lowest BCUT2D eigenvalue weighted by atomic mass is 10.3. The molecule has 3 rings (SSSR count). The van der Waals surface area contributed by atoms with Crippen LogP contribution in [-0.4, -0.2) is 21.9 Å². The van der Waals surface area contributed by atoms with Crippen LogP contribution in [0.5, 0.6) is 11.5 Å². The third-order valence-electron chi connectivity index (χ3n) is 3.17. The number of hydrogen-bond acceptors (Lipinski definition) is 4. The van der Waals surface area contributed by atoms with Crippen LogP contribution in [0.3, 0.4) is 0 Å². The van der Waals surface area contributed by atoms with Gasteiger partial charge in [-0.15, -0.1) is 0 Å². The Morgan fingerprint density at radius 1 is 1.09 bits per heavy atom. The van der Waals surface area contributed by atoms with Crippen molar-refractivity contribution < 1.29 is 9.47 Å². The van der Waals surface area contributed by atoms with Crippen LogP contribution in [0.15, 0.2) is 54.6 Å². The van der Waals surface area contributed by atoms with Gasteiger partial charge in [-0.05, 0) is 36.5 Å². The van der Waals surface area contributed by atoms with E-state index >= 15 is 0 Å². The van der Waals surface area contributed by atoms with E-state index < -0.39 is 0 Å². The Morgan fingerprint density at radius 3 is 2.64 bits per heavy atom. The van der Waals surface area contributed by atoms with E-state index in [1.165, 1.54) is 0 Å². The highest BCUT2D eigenvalue weighted by atomic mass is 32.1. The highest BCUT2D eigenvalue weighted by Crippen LogP contribution is 2.20. The monoisotopic (exact) mass is 313 g/mol. The Labute approximate surface area is 133 Å². The number of hydrogen-bond donors (Lipinski definition) is 1. The third-order valence-corrected chi connectivity index (χ3v) is 3.44. The van der Waals surface area contributed by atoms with E-state index in [0.717, 1.165) is 11.4 Å². The lowest BCUT2D eigenvalue weighted by Crippen LogP contribution is -2.05. The van der Waals surface area contributed by atoms with E-state index in [1.54, 1.807) is 7.11 Å². The molecule has 1 N–H and O–H groups in total. The minimum absolute atomic E-state index is 0.301. The van der Waals surface area contributed by atoms with Gasteiger partial charge in [0.25, 0.3) is 0 Å². The van der Waals surface area contributed by atoms with Crippen molar-refractivity contribution in [3.05, 3.63) is 65.2 Å². The molecule has 0 aliphatic carbocycles. The second kappa shape index (κ2) is 6.44. The van der Waals surface area contributed by atoms with Crippen LogP contribution in [0, 0.1) is 4.77 Å². The summed E-state index contributed by atoms with van der Waals surface area (Å²) in [5, 5.41) is 7.04. The van der Waals surface area contributed by atoms with Crippen molar-refractivity contribution in [1.82, 2.24) is 14.8 Å². The normalized spacial score (nSPS) is 10.4. The van der Waals surface area contributed by atoms with Gasteiger partial charge in [-0.3, -0.25) is 9.67 Å². The number of nitrogens with zero attached hydrogens (tertiary/aromatic N) is 2. The SMILES string of the molecule is COc1cccc(OCc2n[nH]c(=S)n2-c2ccccc2)c1. The molecule has 0 spiro atoms. The smallest absolute Gasteiger partial charge is 0.199 e. The molecule has 0 atom stereocenters. The molecular weight excluding hydrogens is 298 g/mol. The number of ether oxygens (including phenoxy) is 2. The second-order valence-corrected chi connectivity index (χ2v) is 4.97. The molecule has 3 aromatic rings. The Bertz CT molecular complexity index is 812. The van der Waals surface area contributed by atoms with Crippen molar-refractivity contribution >= 4 is 12.2 Å². The minimum atomic E-state index is 0.301. The Balaban J connectivity index is 1.83. The average Bonchev–Trinajstić information content (AvgIpc) is 2.94. The van der Waals surface area contributed by atoms with Crippen LogP contribution in [0.1, 0.15) is 5.82 Å². The molecule has 1 aromatic heterocycles. The first-order valence-corrected chi connectivity index (χ1v) is 7.17. The molecule has 0 saturated heterocycles. The molecule has 5 nitrogen and oxygen atoms in total. The molecular formula is C16H15N3O2S. The van der Waals surface area contributed by atoms with Crippen molar-refractivity contribution in [2.75, 3.05) is 7.11 Å². The third kappa shape index (κ3) is 3.01. The molecule has 112 valence electrons. The maximum Gasteiger partial charge on any atom is 0.199 e. The van der Waals surface area contributed by atoms with E-state index in [9.17, 15) is 0 Å². The predicted molar refractivity (Wildman–Crippen MR) is 86.1 cm³/mol. The van der Waals surface area contributed by atoms with Gasteiger partial charge in [-0.25, -0.2) is 0 Å². The van der Waals surface area contributed by atoms with E-state index in [0.29, 0.717) is 23.0 Å². The van der Waals surface area contributed by atoms with Crippen molar-refractivity contribution in [3.8, 4) is 17.2 Å². The van der Waals surface area contributed by atoms with Gasteiger partial charge in [-0.1, -0.05) is 24.3 Å². The molecule has 22 heavy (non-hydrogen) atoms. The Morgan fingerprint density at radius 2 is 1.86 bits per heavy atom. The number of benzene rings is 2. The highest BCUT2D eigenvalue weighted by molar-refractivity contribution is 7.71. The average molecular weight is 313 g/mol. The summed E-state index contributed by atoms with van der Waals surface area (Å²) in [6.45, 7) is 0.301. The quantitative estimate of drug-likeness (QED) is 0.732. The van der Waals surface area contributed by atoms with Crippen LogP contribution in [-0.2, 0) is 6.61 Å². The van der Waals surface area contributed by atoms with Crippen LogP contribution in [0.4, 0.5) is 0 Å². The van der Waals surface area contributed by atoms with Gasteiger partial charge in [-0.2, -0.15) is 5.10 Å². The maximum atomic E-state index is 5.78. The first-order chi connectivity index (χ1) is 10.8. The van der Waals surface area contributed by atoms with Crippen molar-refractivity contribution in [2.24, 2.45) is 0 Å². The van der Waals surface area contributed by atoms with Crippen molar-refractivity contribution in [2.45, 2.75) is 6.61 Å². The van der Waals surface area contributed by atoms with E-state index in [2.05, 4.69) is 10.2 Å². The molecule has 6 heteroatoms. The van der Waals surface area contributed by atoms with Gasteiger partial charge in [0.05, 0.1) is 7.11 Å². The standard InChI is InChI=1S/C16H15N3O2S/c1-20-13-8-5-9-14(10-13)21-11-15-17-18-16(22)19(15)12-6-3-2-4-7-12/h2-10H,11H2,1H3,(H,18,22). The summed E-state index contributed by atoms with van der Waals surface area (Å²) in [7, 11) is 1.62. The molecule has 0 amide bonds. The molecule has 0 saturated carbocycles. The van der Waals surface area contributed by atoms with Crippen LogP contribution >= 0.6 is 12.2 Å². The number of H-pyrrole nitrogens is 1. The van der Waals surface area contributed by atoms with E-state index in [-0.39, 0.29) is 0 Å². The van der Waals surface area contributed by atoms with Crippen molar-refractivity contribution in [3.63, 3.8) is 0 Å². The molecule has 0 aliphatic rings. The van der Waals surface area contributed by atoms with Gasteiger partial charge in [0, 0.05) is 11.8 Å². The molecule has 1 heterocycles. The summed E-state index contributed by atoms with van der Waals surface area (Å²) in [5.41, 5.74) is 0.950. The predicted octanol–water partition coefficient (Wildman–Crippen LogP) is 3.52. The van der Waals surface area contributed by atoms with E-state index in [4.69, 9.17) is 21.7 Å². The fourth-order valence-corrected chi connectivity index (χ4v) is 2.37. The number of para-hydroxylation sites is 1. The first-order valence-electron chi connectivity index (χ1n) is 6.76. The molecule has 0 radical (unpaired) electrons. The largest absolute Gasteiger partial charge is 0.497 e. The van der Waals surface area contributed by atoms with Crippen LogP contribution < -0.4 is 9.47 Å². The van der Waals surface area contributed by atoms with Gasteiger partial charge in [0.1, 0.15) is 18.1 Å². The highest BCUT2D eigenvalue weighted by Gasteiger charge is 2.09. The number of rotatable bonds is 5. The minimum Gasteiger partial charge on any atom is -0.497 e. The maximum absolute atomic E-state index is 5.78. The molecule has 0 fully saturated rings. The number of nitrogens with one attached hydrogen (secondary N) is 1. The number of methoxy groups -OCH3 is 1. The second-order valence-electron chi connectivity index (χ2n) is 4.58. The fraction of sp³-hybridized carbons (Fsp3) is 0.125. The summed E-state index contributed by atoms with van der Waals surface area (Å²) in [5.74, 6) is 2.17. The summed E-state index contributed by atoms with van der Waals surface area (Å²) < 4.78 is 13.4. The lowest BCUT2D eigenvalue weighted by Gasteiger charge is -2.09. The zero-order valence-electron chi connectivity index (χ0n) is 12.0. The van der Waals surface area contributed by atoms with Gasteiger partial charge >= 0.3 is 0 Å². The Kier molecular flexibility index (Phi) is 4.20. The molecule has 0 unspecified atom stereocenters. The summed E-state index contributed by atoms with van der Waals surface area (Å²) in [6.07, 6.45) is 0. The summed E-state index contributed by atoms with van der Waals surface area (Å²) in [6, 6.07) is 17.3. The molecule has 2 aromatic carbocycles. The van der Waals surface area contributed by atoms with Crippen LogP contribution in [0.25, 0.3) is 5.69 Å². The van der Waals surface area contributed by atoms with E-state index in [1.807, 2.05) is 59.2 Å². The summed E-state index contributed by atoms with van der Waals surface area (Å²) in [4.78, 5) is 0. The zero-order valence-corrected chi connectivity index (χ0v) is 12.8. The number of aromatic amines is 1. The first kappa shape index (κ1) is 14.3. The molecule has 0 bridgehead atoms. The van der Waals surface area contributed by atoms with Gasteiger partial charge in [0.2, 0.25) is 0 Å². The fourth-order valence-electron chi connectivity index (χ4n) is 2.11. The summed E-state index contributed by atoms with van der Waals surface area (Å²) >= 11 is 5.29. The van der Waals surface area contributed by atoms with Gasteiger partial charge in [0.15, 0.2) is 10.6 Å². The lowest BCUT2D eigenvalue weighted by molar-refractivity contribution is 0.291. The van der Waals surface area contributed by atoms with Crippen molar-refractivity contribution in [1.29, 1.82) is 0 Å². The Hall–Kier alpha value is -2.60. The molecule has 0 aliphatic heterocycles. The topological polar surface area (TPSA) is 52.1 Å². The zero-order chi connectivity index (χ0) is 15.4. The van der Waals surface area contributed by atoms with Crippen LogP contribution in [0.2, 0.25) is 0 Å². The van der Waals surface area contributed by atoms with Gasteiger partial charge < -0.3 is 9.47 Å².